The molecule has 0 aliphatic heterocycles. The minimum Gasteiger partial charge on any atom is -0.545 e. The minimum absolute atomic E-state index is 0.0600. The molecule has 0 aliphatic rings. The molecule has 1 amide bonds. The van der Waals surface area contributed by atoms with Crippen LogP contribution in [0.4, 0.5) is 5.69 Å². The predicted octanol–water partition coefficient (Wildman–Crippen LogP) is 3.85. The van der Waals surface area contributed by atoms with E-state index in [9.17, 15) is 20.0 Å². The second-order valence-electron chi connectivity index (χ2n) is 7.16. The van der Waals surface area contributed by atoms with Gasteiger partial charge in [0.25, 0.3) is 5.91 Å². The van der Waals surface area contributed by atoms with Crippen molar-refractivity contribution in [3.05, 3.63) is 87.9 Å². The fraction of sp³-hybridized carbons (Fsp3) is 0.115. The van der Waals surface area contributed by atoms with Crippen LogP contribution < -0.4 is 24.6 Å². The highest BCUT2D eigenvalue weighted by molar-refractivity contribution is 6.32. The molecule has 3 aromatic rings. The Morgan fingerprint density at radius 1 is 1.06 bits per heavy atom. The summed E-state index contributed by atoms with van der Waals surface area (Å²) in [6.07, 6.45) is 1.38. The number of ether oxygens (including phenoxy) is 3. The van der Waals surface area contributed by atoms with E-state index in [0.717, 1.165) is 0 Å². The Morgan fingerprint density at radius 2 is 1.74 bits per heavy atom. The third-order valence-corrected chi connectivity index (χ3v) is 5.13. The zero-order valence-electron chi connectivity index (χ0n) is 18.8. The Bertz CT molecular complexity index is 1300. The molecule has 0 saturated carbocycles. The number of rotatable bonds is 9. The fourth-order valence-electron chi connectivity index (χ4n) is 3.04. The maximum Gasteiger partial charge on any atom is 0.266 e. The number of hydrogen-bond acceptors (Lipinski definition) is 7. The summed E-state index contributed by atoms with van der Waals surface area (Å²) < 4.78 is 16.2. The summed E-state index contributed by atoms with van der Waals surface area (Å²) in [6.45, 7) is 0.103. The van der Waals surface area contributed by atoms with Crippen LogP contribution >= 0.6 is 11.6 Å². The number of benzene rings is 3. The number of anilines is 1. The first-order chi connectivity index (χ1) is 16.8. The Labute approximate surface area is 206 Å². The van der Waals surface area contributed by atoms with Gasteiger partial charge in [0.05, 0.1) is 25.2 Å². The van der Waals surface area contributed by atoms with Gasteiger partial charge in [-0.3, -0.25) is 4.79 Å². The van der Waals surface area contributed by atoms with Crippen LogP contribution in [-0.2, 0) is 11.4 Å². The zero-order valence-corrected chi connectivity index (χ0v) is 19.6. The lowest BCUT2D eigenvalue weighted by Crippen LogP contribution is -2.22. The van der Waals surface area contributed by atoms with Crippen molar-refractivity contribution >= 4 is 35.2 Å². The van der Waals surface area contributed by atoms with Gasteiger partial charge in [0.15, 0.2) is 11.5 Å². The molecule has 0 fully saturated rings. The van der Waals surface area contributed by atoms with Crippen molar-refractivity contribution in [1.29, 1.82) is 5.26 Å². The number of halogens is 1. The van der Waals surface area contributed by atoms with Crippen LogP contribution in [0.15, 0.2) is 66.2 Å². The molecule has 0 atom stereocenters. The summed E-state index contributed by atoms with van der Waals surface area (Å²) >= 11 is 6.40. The molecule has 0 spiro atoms. The third kappa shape index (κ3) is 6.53. The quantitative estimate of drug-likeness (QED) is 0.356. The molecular formula is C26H20ClN2O6-. The van der Waals surface area contributed by atoms with Crippen LogP contribution in [0.5, 0.6) is 17.2 Å². The molecule has 0 aliphatic carbocycles. The number of nitrogens with zero attached hydrogens (tertiary/aromatic N) is 1. The highest BCUT2D eigenvalue weighted by atomic mass is 35.5. The molecule has 0 bridgehead atoms. The molecule has 1 N–H and O–H groups in total. The number of amides is 1. The third-order valence-electron chi connectivity index (χ3n) is 4.85. The van der Waals surface area contributed by atoms with Gasteiger partial charge >= 0.3 is 0 Å². The smallest absolute Gasteiger partial charge is 0.266 e. The largest absolute Gasteiger partial charge is 0.545 e. The first-order valence-corrected chi connectivity index (χ1v) is 10.6. The molecule has 35 heavy (non-hydrogen) atoms. The molecule has 0 unspecified atom stereocenters. The van der Waals surface area contributed by atoms with E-state index in [1.165, 1.54) is 38.5 Å². The van der Waals surface area contributed by atoms with Crippen molar-refractivity contribution in [3.63, 3.8) is 0 Å². The number of methoxy groups -OCH3 is 2. The van der Waals surface area contributed by atoms with Crippen LogP contribution in [0.3, 0.4) is 0 Å². The van der Waals surface area contributed by atoms with Gasteiger partial charge < -0.3 is 29.4 Å². The summed E-state index contributed by atoms with van der Waals surface area (Å²) in [4.78, 5) is 23.4. The number of carbonyl (C=O) groups is 2. The van der Waals surface area contributed by atoms with E-state index in [1.807, 2.05) is 6.07 Å². The number of carbonyl (C=O) groups excluding carboxylic acids is 2. The lowest BCUT2D eigenvalue weighted by molar-refractivity contribution is -0.255. The van der Waals surface area contributed by atoms with E-state index in [4.69, 9.17) is 25.8 Å². The van der Waals surface area contributed by atoms with E-state index in [2.05, 4.69) is 5.32 Å². The van der Waals surface area contributed by atoms with E-state index in [0.29, 0.717) is 28.3 Å². The molecular weight excluding hydrogens is 472 g/mol. The van der Waals surface area contributed by atoms with E-state index < -0.39 is 11.9 Å². The maximum atomic E-state index is 12.6. The van der Waals surface area contributed by atoms with Crippen LogP contribution in [0, 0.1) is 11.3 Å². The Balaban J connectivity index is 1.77. The molecule has 8 nitrogen and oxygen atoms in total. The van der Waals surface area contributed by atoms with Gasteiger partial charge in [-0.25, -0.2) is 0 Å². The lowest BCUT2D eigenvalue weighted by atomic mass is 10.1. The van der Waals surface area contributed by atoms with Crippen molar-refractivity contribution in [2.75, 3.05) is 19.5 Å². The first-order valence-electron chi connectivity index (χ1n) is 10.2. The van der Waals surface area contributed by atoms with E-state index in [1.54, 1.807) is 42.5 Å². The van der Waals surface area contributed by atoms with E-state index >= 15 is 0 Å². The Kier molecular flexibility index (Phi) is 8.33. The average molecular weight is 492 g/mol. The number of nitriles is 1. The highest BCUT2D eigenvalue weighted by Crippen LogP contribution is 2.37. The second kappa shape index (κ2) is 11.6. The summed E-state index contributed by atoms with van der Waals surface area (Å²) in [5.41, 5.74) is 1.59. The van der Waals surface area contributed by atoms with Crippen molar-refractivity contribution in [3.8, 4) is 23.3 Å². The normalized spacial score (nSPS) is 10.7. The Hall–Kier alpha value is -4.48. The van der Waals surface area contributed by atoms with E-state index in [-0.39, 0.29) is 28.5 Å². The molecule has 0 radical (unpaired) electrons. The molecule has 0 saturated heterocycles. The number of nitrogens with one attached hydrogen (secondary N) is 1. The van der Waals surface area contributed by atoms with Crippen molar-refractivity contribution in [1.82, 2.24) is 0 Å². The molecule has 0 aromatic heterocycles. The summed E-state index contributed by atoms with van der Waals surface area (Å²) in [5, 5.41) is 23.2. The van der Waals surface area contributed by atoms with Crippen molar-refractivity contribution in [2.45, 2.75) is 6.61 Å². The second-order valence-corrected chi connectivity index (χ2v) is 7.57. The lowest BCUT2D eigenvalue weighted by Gasteiger charge is -2.14. The van der Waals surface area contributed by atoms with Gasteiger partial charge in [0, 0.05) is 5.69 Å². The fourth-order valence-corrected chi connectivity index (χ4v) is 3.32. The first kappa shape index (κ1) is 25.1. The number of carboxylic acids is 1. The van der Waals surface area contributed by atoms with Crippen molar-refractivity contribution < 1.29 is 28.9 Å². The molecule has 3 rings (SSSR count). The van der Waals surface area contributed by atoms with Gasteiger partial charge in [-0.05, 0) is 59.2 Å². The average Bonchev–Trinajstić information content (AvgIpc) is 2.86. The van der Waals surface area contributed by atoms with Crippen molar-refractivity contribution in [2.24, 2.45) is 0 Å². The highest BCUT2D eigenvalue weighted by Gasteiger charge is 2.15. The molecule has 3 aromatic carbocycles. The standard InChI is InChI=1S/C26H21ClN2O6/c1-33-21-9-7-20(8-10-21)29-25(30)19(14-28)11-17-12-22(27)24(23(13-17)34-2)35-15-16-3-5-18(6-4-16)26(31)32/h3-13H,15H2,1-2H3,(H,29,30)(H,31,32)/p-1/b19-11-. The minimum atomic E-state index is -1.26. The summed E-state index contributed by atoms with van der Waals surface area (Å²) in [6, 6.07) is 17.7. The molecule has 9 heteroatoms. The van der Waals surface area contributed by atoms with Gasteiger partial charge in [-0.2, -0.15) is 5.26 Å². The van der Waals surface area contributed by atoms with Crippen LogP contribution in [-0.4, -0.2) is 26.1 Å². The van der Waals surface area contributed by atoms with Crippen LogP contribution in [0.25, 0.3) is 6.08 Å². The summed E-state index contributed by atoms with van der Waals surface area (Å²) in [7, 11) is 2.97. The molecule has 0 heterocycles. The predicted molar refractivity (Wildman–Crippen MR) is 128 cm³/mol. The topological polar surface area (TPSA) is 121 Å². The van der Waals surface area contributed by atoms with Gasteiger partial charge in [-0.15, -0.1) is 0 Å². The summed E-state index contributed by atoms with van der Waals surface area (Å²) in [5.74, 6) is -0.662. The number of hydrogen-bond donors (Lipinski definition) is 1. The molecule has 178 valence electrons. The Morgan fingerprint density at radius 3 is 2.31 bits per heavy atom. The van der Waals surface area contributed by atoms with Gasteiger partial charge in [0.1, 0.15) is 24.0 Å². The van der Waals surface area contributed by atoms with Gasteiger partial charge in [-0.1, -0.05) is 35.9 Å². The number of aromatic carboxylic acids is 1. The zero-order chi connectivity index (χ0) is 25.4. The van der Waals surface area contributed by atoms with Crippen LogP contribution in [0.1, 0.15) is 21.5 Å². The van der Waals surface area contributed by atoms with Crippen LogP contribution in [0.2, 0.25) is 5.02 Å². The van der Waals surface area contributed by atoms with Gasteiger partial charge in [0.2, 0.25) is 0 Å². The maximum absolute atomic E-state index is 12.6. The number of carboxylic acid groups (broad SMARTS) is 1. The SMILES string of the molecule is COc1ccc(NC(=O)/C(C#N)=C\c2cc(Cl)c(OCc3ccc(C(=O)[O-])cc3)c(OC)c2)cc1. The monoisotopic (exact) mass is 491 g/mol.